The Morgan fingerprint density at radius 2 is 2.36 bits per heavy atom. The third kappa shape index (κ3) is 1.69. The van der Waals surface area contributed by atoms with Gasteiger partial charge in [-0.1, -0.05) is 13.3 Å². The van der Waals surface area contributed by atoms with Gasteiger partial charge in [0.05, 0.1) is 11.9 Å². The Bertz CT molecular complexity index is 436. The molecule has 0 atom stereocenters. The fraction of sp³-hybridized carbons (Fsp3) is 0.400. The van der Waals surface area contributed by atoms with E-state index in [9.17, 15) is 0 Å². The summed E-state index contributed by atoms with van der Waals surface area (Å²) in [6.07, 6.45) is 4.67. The van der Waals surface area contributed by atoms with E-state index in [4.69, 9.17) is 10.2 Å². The van der Waals surface area contributed by atoms with E-state index in [-0.39, 0.29) is 0 Å². The summed E-state index contributed by atoms with van der Waals surface area (Å²) in [6, 6.07) is 1.78. The summed E-state index contributed by atoms with van der Waals surface area (Å²) in [7, 11) is 0. The standard InChI is InChI=1S/C10H13N3O/c1-2-3-4-9-13-8-5-7(11)6-12-10(8)14-9/h5-6H,2-4,11H2,1H3. The third-order valence-electron chi connectivity index (χ3n) is 2.06. The molecule has 4 heteroatoms. The molecule has 0 aliphatic rings. The van der Waals surface area contributed by atoms with Gasteiger partial charge in [-0.25, -0.2) is 9.97 Å². The molecular weight excluding hydrogens is 178 g/mol. The van der Waals surface area contributed by atoms with Crippen molar-refractivity contribution in [2.45, 2.75) is 26.2 Å². The molecule has 14 heavy (non-hydrogen) atoms. The van der Waals surface area contributed by atoms with Gasteiger partial charge in [0, 0.05) is 6.42 Å². The quantitative estimate of drug-likeness (QED) is 0.807. The fourth-order valence-electron chi connectivity index (χ4n) is 1.32. The molecule has 0 fully saturated rings. The average Bonchev–Trinajstić information content (AvgIpc) is 2.56. The first-order valence-electron chi connectivity index (χ1n) is 4.80. The minimum Gasteiger partial charge on any atom is -0.422 e. The first kappa shape index (κ1) is 8.99. The normalized spacial score (nSPS) is 10.9. The van der Waals surface area contributed by atoms with Gasteiger partial charge >= 0.3 is 0 Å². The maximum Gasteiger partial charge on any atom is 0.247 e. The van der Waals surface area contributed by atoms with Crippen LogP contribution >= 0.6 is 0 Å². The van der Waals surface area contributed by atoms with E-state index in [1.807, 2.05) is 0 Å². The lowest BCUT2D eigenvalue weighted by atomic mass is 10.2. The molecule has 0 radical (unpaired) electrons. The molecule has 0 aliphatic heterocycles. The zero-order chi connectivity index (χ0) is 9.97. The molecule has 0 unspecified atom stereocenters. The highest BCUT2D eigenvalue weighted by Crippen LogP contribution is 2.16. The van der Waals surface area contributed by atoms with Crippen LogP contribution in [0.1, 0.15) is 25.7 Å². The highest BCUT2D eigenvalue weighted by atomic mass is 16.4. The first-order chi connectivity index (χ1) is 6.79. The molecule has 74 valence electrons. The lowest BCUT2D eigenvalue weighted by molar-refractivity contribution is 0.510. The van der Waals surface area contributed by atoms with Crippen LogP contribution in [-0.2, 0) is 6.42 Å². The number of hydrogen-bond donors (Lipinski definition) is 1. The Morgan fingerprint density at radius 3 is 3.14 bits per heavy atom. The van der Waals surface area contributed by atoms with Gasteiger partial charge in [-0.05, 0) is 12.5 Å². The van der Waals surface area contributed by atoms with Crippen molar-refractivity contribution in [3.05, 3.63) is 18.2 Å². The van der Waals surface area contributed by atoms with Gasteiger partial charge in [0.25, 0.3) is 0 Å². The molecule has 0 spiro atoms. The van der Waals surface area contributed by atoms with Crippen molar-refractivity contribution in [1.29, 1.82) is 0 Å². The van der Waals surface area contributed by atoms with Crippen LogP contribution in [0.2, 0.25) is 0 Å². The second-order valence-corrected chi connectivity index (χ2v) is 3.30. The number of fused-ring (bicyclic) bond motifs is 1. The highest BCUT2D eigenvalue weighted by Gasteiger charge is 2.05. The van der Waals surface area contributed by atoms with Gasteiger partial charge in [0.2, 0.25) is 5.71 Å². The number of unbranched alkanes of at least 4 members (excludes halogenated alkanes) is 1. The first-order valence-corrected chi connectivity index (χ1v) is 4.80. The number of oxazole rings is 1. The maximum absolute atomic E-state index is 5.59. The number of aromatic nitrogens is 2. The SMILES string of the molecule is CCCCc1nc2cc(N)cnc2o1. The van der Waals surface area contributed by atoms with Crippen LogP contribution in [0.4, 0.5) is 5.69 Å². The third-order valence-corrected chi connectivity index (χ3v) is 2.06. The molecule has 0 saturated heterocycles. The molecule has 2 rings (SSSR count). The Labute approximate surface area is 82.1 Å². The average molecular weight is 191 g/mol. The molecule has 2 heterocycles. The molecule has 4 nitrogen and oxygen atoms in total. The number of rotatable bonds is 3. The molecule has 2 N–H and O–H groups in total. The maximum atomic E-state index is 5.59. The van der Waals surface area contributed by atoms with Crippen molar-refractivity contribution in [3.8, 4) is 0 Å². The largest absolute Gasteiger partial charge is 0.422 e. The molecular formula is C10H13N3O. The molecule has 0 aliphatic carbocycles. The monoisotopic (exact) mass is 191 g/mol. The summed E-state index contributed by atoms with van der Waals surface area (Å²) in [6.45, 7) is 2.14. The minimum absolute atomic E-state index is 0.574. The zero-order valence-electron chi connectivity index (χ0n) is 8.16. The van der Waals surface area contributed by atoms with Gasteiger partial charge in [-0.3, -0.25) is 0 Å². The van der Waals surface area contributed by atoms with E-state index in [1.54, 1.807) is 12.3 Å². The lowest BCUT2D eigenvalue weighted by Crippen LogP contribution is -1.85. The van der Waals surface area contributed by atoms with Crippen molar-refractivity contribution < 1.29 is 4.42 Å². The predicted molar refractivity (Wildman–Crippen MR) is 54.8 cm³/mol. The summed E-state index contributed by atoms with van der Waals surface area (Å²) >= 11 is 0. The van der Waals surface area contributed by atoms with Crippen LogP contribution in [0.15, 0.2) is 16.7 Å². The second-order valence-electron chi connectivity index (χ2n) is 3.30. The molecule has 0 amide bonds. The number of nitrogens with two attached hydrogens (primary N) is 1. The summed E-state index contributed by atoms with van der Waals surface area (Å²) in [5.41, 5.74) is 7.53. The topological polar surface area (TPSA) is 64.9 Å². The minimum atomic E-state index is 0.574. The van der Waals surface area contributed by atoms with Crippen molar-refractivity contribution in [2.24, 2.45) is 0 Å². The number of aryl methyl sites for hydroxylation is 1. The Morgan fingerprint density at radius 1 is 1.50 bits per heavy atom. The van der Waals surface area contributed by atoms with Crippen molar-refractivity contribution in [2.75, 3.05) is 5.73 Å². The molecule has 2 aromatic heterocycles. The van der Waals surface area contributed by atoms with E-state index in [0.29, 0.717) is 11.4 Å². The van der Waals surface area contributed by atoms with Gasteiger partial charge in [0.1, 0.15) is 5.52 Å². The summed E-state index contributed by atoms with van der Waals surface area (Å²) in [5, 5.41) is 0. The van der Waals surface area contributed by atoms with E-state index in [1.165, 1.54) is 0 Å². The molecule has 0 saturated carbocycles. The molecule has 2 aromatic rings. The number of nitrogen functional groups attached to an aromatic ring is 1. The van der Waals surface area contributed by atoms with E-state index >= 15 is 0 Å². The van der Waals surface area contributed by atoms with Crippen LogP contribution in [0, 0.1) is 0 Å². The van der Waals surface area contributed by atoms with Crippen LogP contribution in [0.5, 0.6) is 0 Å². The number of pyridine rings is 1. The van der Waals surface area contributed by atoms with E-state index in [2.05, 4.69) is 16.9 Å². The Kier molecular flexibility index (Phi) is 2.35. The number of anilines is 1. The van der Waals surface area contributed by atoms with Crippen LogP contribution in [0.3, 0.4) is 0 Å². The van der Waals surface area contributed by atoms with E-state index in [0.717, 1.165) is 30.7 Å². The van der Waals surface area contributed by atoms with Crippen LogP contribution in [0.25, 0.3) is 11.2 Å². The van der Waals surface area contributed by atoms with Gasteiger partial charge in [-0.2, -0.15) is 0 Å². The number of hydrogen-bond acceptors (Lipinski definition) is 4. The molecule has 0 aromatic carbocycles. The zero-order valence-corrected chi connectivity index (χ0v) is 8.16. The van der Waals surface area contributed by atoms with Gasteiger partial charge in [0.15, 0.2) is 5.89 Å². The summed E-state index contributed by atoms with van der Waals surface area (Å²) < 4.78 is 5.45. The van der Waals surface area contributed by atoms with Crippen molar-refractivity contribution >= 4 is 16.9 Å². The molecule has 0 bridgehead atoms. The Hall–Kier alpha value is -1.58. The van der Waals surface area contributed by atoms with Crippen LogP contribution in [-0.4, -0.2) is 9.97 Å². The summed E-state index contributed by atoms with van der Waals surface area (Å²) in [5.74, 6) is 0.750. The van der Waals surface area contributed by atoms with Gasteiger partial charge in [-0.15, -0.1) is 0 Å². The predicted octanol–water partition coefficient (Wildman–Crippen LogP) is 2.15. The van der Waals surface area contributed by atoms with Crippen molar-refractivity contribution in [1.82, 2.24) is 9.97 Å². The smallest absolute Gasteiger partial charge is 0.247 e. The fourth-order valence-corrected chi connectivity index (χ4v) is 1.32. The number of nitrogens with zero attached hydrogens (tertiary/aromatic N) is 2. The van der Waals surface area contributed by atoms with E-state index < -0.39 is 0 Å². The van der Waals surface area contributed by atoms with Crippen molar-refractivity contribution in [3.63, 3.8) is 0 Å². The lowest BCUT2D eigenvalue weighted by Gasteiger charge is -1.88. The Balaban J connectivity index is 2.32. The second kappa shape index (κ2) is 3.65. The van der Waals surface area contributed by atoms with Crippen LogP contribution < -0.4 is 5.73 Å². The highest BCUT2D eigenvalue weighted by molar-refractivity contribution is 5.71. The summed E-state index contributed by atoms with van der Waals surface area (Å²) in [4.78, 5) is 8.36. The van der Waals surface area contributed by atoms with Gasteiger partial charge < -0.3 is 10.2 Å².